The largest absolute Gasteiger partial charge is 0.495 e. The molecule has 25 heavy (non-hydrogen) atoms. The fourth-order valence-electron chi connectivity index (χ4n) is 2.31. The Balaban J connectivity index is 2.56. The van der Waals surface area contributed by atoms with E-state index in [9.17, 15) is 15.2 Å². The summed E-state index contributed by atoms with van der Waals surface area (Å²) < 4.78 is 6.19. The normalized spacial score (nSPS) is 10.8. The second-order valence-electron chi connectivity index (χ2n) is 5.26. The van der Waals surface area contributed by atoms with Gasteiger partial charge in [-0.05, 0) is 31.5 Å². The average Bonchev–Trinajstić information content (AvgIpc) is 2.59. The van der Waals surface area contributed by atoms with Gasteiger partial charge in [-0.15, -0.1) is 5.11 Å². The minimum atomic E-state index is -0.501. The van der Waals surface area contributed by atoms with E-state index in [1.807, 2.05) is 13.0 Å². The van der Waals surface area contributed by atoms with Gasteiger partial charge in [0.15, 0.2) is 5.69 Å². The quantitative estimate of drug-likeness (QED) is 0.806. The summed E-state index contributed by atoms with van der Waals surface area (Å²) in [6.45, 7) is 3.68. The van der Waals surface area contributed by atoms with Crippen molar-refractivity contribution in [2.45, 2.75) is 26.8 Å². The summed E-state index contributed by atoms with van der Waals surface area (Å²) in [5.41, 5.74) is 0.225. The molecule has 0 bridgehead atoms. The highest BCUT2D eigenvalue weighted by Crippen LogP contribution is 2.30. The Labute approximate surface area is 149 Å². The van der Waals surface area contributed by atoms with Crippen LogP contribution in [0.5, 0.6) is 11.6 Å². The zero-order chi connectivity index (χ0) is 18.6. The lowest BCUT2D eigenvalue weighted by Gasteiger charge is -2.11. The summed E-state index contributed by atoms with van der Waals surface area (Å²) in [5.74, 6) is 0.150. The molecule has 0 radical (unpaired) electrons. The van der Waals surface area contributed by atoms with Gasteiger partial charge in [-0.2, -0.15) is 10.4 Å². The van der Waals surface area contributed by atoms with Crippen LogP contribution in [0.15, 0.2) is 33.2 Å². The molecule has 2 aromatic rings. The van der Waals surface area contributed by atoms with E-state index in [0.29, 0.717) is 22.9 Å². The van der Waals surface area contributed by atoms with Gasteiger partial charge in [0, 0.05) is 12.1 Å². The minimum absolute atomic E-state index is 0.00902. The van der Waals surface area contributed by atoms with Gasteiger partial charge in [-0.25, -0.2) is 0 Å². The van der Waals surface area contributed by atoms with Crippen molar-refractivity contribution in [3.63, 3.8) is 0 Å². The summed E-state index contributed by atoms with van der Waals surface area (Å²) in [6, 6.07) is 6.73. The summed E-state index contributed by atoms with van der Waals surface area (Å²) in [5, 5.41) is 27.8. The SMILES string of the molecule is CCCn1c(O)c(C#N)c(C)c(N=Nc2ccc(OC)c(Cl)c2)c1=O. The number of nitriles is 1. The van der Waals surface area contributed by atoms with E-state index in [1.165, 1.54) is 7.11 Å². The molecule has 0 saturated carbocycles. The van der Waals surface area contributed by atoms with Crippen LogP contribution in [0, 0.1) is 18.3 Å². The number of pyridine rings is 1. The molecule has 0 amide bonds. The van der Waals surface area contributed by atoms with E-state index in [0.717, 1.165) is 4.57 Å². The standard InChI is InChI=1S/C17H17ClN4O3/c1-4-7-22-16(23)12(9-19)10(2)15(17(22)24)21-20-11-5-6-14(25-3)13(18)8-11/h5-6,8,23H,4,7H2,1-3H3. The smallest absolute Gasteiger partial charge is 0.281 e. The van der Waals surface area contributed by atoms with Crippen LogP contribution >= 0.6 is 11.6 Å². The molecule has 1 aromatic carbocycles. The first-order valence-electron chi connectivity index (χ1n) is 7.56. The fourth-order valence-corrected chi connectivity index (χ4v) is 2.57. The second kappa shape index (κ2) is 7.81. The van der Waals surface area contributed by atoms with Gasteiger partial charge in [0.2, 0.25) is 5.88 Å². The molecular formula is C17H17ClN4O3. The van der Waals surface area contributed by atoms with Gasteiger partial charge in [0.05, 0.1) is 17.8 Å². The van der Waals surface area contributed by atoms with E-state index >= 15 is 0 Å². The van der Waals surface area contributed by atoms with E-state index in [4.69, 9.17) is 16.3 Å². The predicted octanol–water partition coefficient (Wildman–Crippen LogP) is 4.22. The van der Waals surface area contributed by atoms with Crippen molar-refractivity contribution in [3.8, 4) is 17.7 Å². The second-order valence-corrected chi connectivity index (χ2v) is 5.67. The Morgan fingerprint density at radius 2 is 2.12 bits per heavy atom. The fraction of sp³-hybridized carbons (Fsp3) is 0.294. The molecular weight excluding hydrogens is 344 g/mol. The number of rotatable bonds is 5. The molecule has 7 nitrogen and oxygen atoms in total. The number of benzene rings is 1. The van der Waals surface area contributed by atoms with E-state index in [-0.39, 0.29) is 29.2 Å². The van der Waals surface area contributed by atoms with Gasteiger partial charge in [0.1, 0.15) is 17.4 Å². The van der Waals surface area contributed by atoms with Crippen molar-refractivity contribution >= 4 is 23.0 Å². The van der Waals surface area contributed by atoms with Gasteiger partial charge in [0.25, 0.3) is 5.56 Å². The molecule has 0 aliphatic rings. The zero-order valence-electron chi connectivity index (χ0n) is 14.1. The molecule has 1 N–H and O–H groups in total. The lowest BCUT2D eigenvalue weighted by molar-refractivity contribution is 0.402. The third-order valence-electron chi connectivity index (χ3n) is 3.62. The third-order valence-corrected chi connectivity index (χ3v) is 3.91. The van der Waals surface area contributed by atoms with Crippen molar-refractivity contribution in [2.24, 2.45) is 10.2 Å². The molecule has 0 aliphatic heterocycles. The van der Waals surface area contributed by atoms with Crippen molar-refractivity contribution in [1.82, 2.24) is 4.57 Å². The Morgan fingerprint density at radius 1 is 1.40 bits per heavy atom. The maximum absolute atomic E-state index is 12.6. The molecule has 1 heterocycles. The van der Waals surface area contributed by atoms with Gasteiger partial charge < -0.3 is 9.84 Å². The maximum Gasteiger partial charge on any atom is 0.281 e. The Kier molecular flexibility index (Phi) is 5.78. The zero-order valence-corrected chi connectivity index (χ0v) is 14.8. The average molecular weight is 361 g/mol. The summed E-state index contributed by atoms with van der Waals surface area (Å²) in [4.78, 5) is 12.6. The lowest BCUT2D eigenvalue weighted by Crippen LogP contribution is -2.21. The van der Waals surface area contributed by atoms with Crippen LogP contribution < -0.4 is 10.3 Å². The molecule has 0 saturated heterocycles. The number of aromatic hydroxyl groups is 1. The number of hydrogen-bond donors (Lipinski definition) is 1. The lowest BCUT2D eigenvalue weighted by atomic mass is 10.1. The maximum atomic E-state index is 12.6. The highest BCUT2D eigenvalue weighted by atomic mass is 35.5. The molecule has 0 atom stereocenters. The van der Waals surface area contributed by atoms with Crippen molar-refractivity contribution in [1.29, 1.82) is 5.26 Å². The van der Waals surface area contributed by atoms with Crippen LogP contribution in [-0.2, 0) is 6.54 Å². The molecule has 8 heteroatoms. The number of halogens is 1. The number of hydrogen-bond acceptors (Lipinski definition) is 6. The van der Waals surface area contributed by atoms with E-state index in [1.54, 1.807) is 25.1 Å². The van der Waals surface area contributed by atoms with Crippen LogP contribution in [0.25, 0.3) is 0 Å². The van der Waals surface area contributed by atoms with Crippen molar-refractivity contribution in [3.05, 3.63) is 44.7 Å². The van der Waals surface area contributed by atoms with Crippen LogP contribution in [0.1, 0.15) is 24.5 Å². The predicted molar refractivity (Wildman–Crippen MR) is 94.3 cm³/mol. The minimum Gasteiger partial charge on any atom is -0.495 e. The highest BCUT2D eigenvalue weighted by Gasteiger charge is 2.18. The first kappa shape index (κ1) is 18.5. The van der Waals surface area contributed by atoms with Crippen molar-refractivity contribution in [2.75, 3.05) is 7.11 Å². The number of azo groups is 1. The highest BCUT2D eigenvalue weighted by molar-refractivity contribution is 6.32. The van der Waals surface area contributed by atoms with Crippen molar-refractivity contribution < 1.29 is 9.84 Å². The molecule has 1 aromatic heterocycles. The molecule has 0 fully saturated rings. The number of ether oxygens (including phenoxy) is 1. The number of nitrogens with zero attached hydrogens (tertiary/aromatic N) is 4. The molecule has 0 unspecified atom stereocenters. The number of aromatic nitrogens is 1. The van der Waals surface area contributed by atoms with Crippen LogP contribution in [-0.4, -0.2) is 16.8 Å². The summed E-state index contributed by atoms with van der Waals surface area (Å²) in [7, 11) is 1.50. The van der Waals surface area contributed by atoms with Gasteiger partial charge in [-0.3, -0.25) is 9.36 Å². The monoisotopic (exact) mass is 360 g/mol. The summed E-state index contributed by atoms with van der Waals surface area (Å²) in [6.07, 6.45) is 0.617. The molecule has 0 spiro atoms. The molecule has 2 rings (SSSR count). The first-order chi connectivity index (χ1) is 11.9. The first-order valence-corrected chi connectivity index (χ1v) is 7.94. The van der Waals surface area contributed by atoms with E-state index < -0.39 is 5.56 Å². The summed E-state index contributed by atoms with van der Waals surface area (Å²) >= 11 is 6.04. The van der Waals surface area contributed by atoms with Crippen LogP contribution in [0.2, 0.25) is 5.02 Å². The molecule has 130 valence electrons. The van der Waals surface area contributed by atoms with E-state index in [2.05, 4.69) is 10.2 Å². The Bertz CT molecular complexity index is 929. The Hall–Kier alpha value is -2.85. The van der Waals surface area contributed by atoms with Gasteiger partial charge >= 0.3 is 0 Å². The van der Waals surface area contributed by atoms with Crippen LogP contribution in [0.4, 0.5) is 11.4 Å². The van der Waals surface area contributed by atoms with Crippen LogP contribution in [0.3, 0.4) is 0 Å². The topological polar surface area (TPSA) is 100.0 Å². The number of methoxy groups -OCH3 is 1. The Morgan fingerprint density at radius 3 is 2.68 bits per heavy atom. The van der Waals surface area contributed by atoms with Gasteiger partial charge in [-0.1, -0.05) is 18.5 Å². The molecule has 0 aliphatic carbocycles. The third kappa shape index (κ3) is 3.64.